The molecule has 4 unspecified atom stereocenters. The lowest BCUT2D eigenvalue weighted by atomic mass is 9.99. The van der Waals surface area contributed by atoms with Gasteiger partial charge in [0.25, 0.3) is 0 Å². The highest BCUT2D eigenvalue weighted by molar-refractivity contribution is 4.88. The molecule has 0 aromatic heterocycles. The Labute approximate surface area is 101 Å². The van der Waals surface area contributed by atoms with Crippen LogP contribution in [0.15, 0.2) is 12.7 Å². The molecule has 1 rings (SSSR count). The molecule has 16 heavy (non-hydrogen) atoms. The Morgan fingerprint density at radius 3 is 2.56 bits per heavy atom. The normalized spacial score (nSPS) is 29.3. The number of hydrogen-bond acceptors (Lipinski definition) is 2. The molecule has 0 aromatic carbocycles. The Hall–Kier alpha value is -0.340. The summed E-state index contributed by atoms with van der Waals surface area (Å²) in [4.78, 5) is 2.36. The van der Waals surface area contributed by atoms with E-state index < -0.39 is 0 Å². The van der Waals surface area contributed by atoms with Crippen molar-refractivity contribution in [1.82, 2.24) is 10.2 Å². The van der Waals surface area contributed by atoms with E-state index in [1.165, 1.54) is 19.3 Å². The fourth-order valence-electron chi connectivity index (χ4n) is 2.58. The van der Waals surface area contributed by atoms with Gasteiger partial charge in [0.15, 0.2) is 0 Å². The predicted octanol–water partition coefficient (Wildman–Crippen LogP) is 2.66. The Kier molecular flexibility index (Phi) is 5.50. The van der Waals surface area contributed by atoms with E-state index in [0.717, 1.165) is 18.5 Å². The van der Waals surface area contributed by atoms with Crippen LogP contribution in [-0.4, -0.2) is 37.1 Å². The van der Waals surface area contributed by atoms with Crippen LogP contribution in [0.5, 0.6) is 0 Å². The van der Waals surface area contributed by atoms with Crippen LogP contribution in [-0.2, 0) is 0 Å². The smallest absolute Gasteiger partial charge is 0.0105 e. The van der Waals surface area contributed by atoms with Gasteiger partial charge >= 0.3 is 0 Å². The second-order valence-corrected chi connectivity index (χ2v) is 5.58. The summed E-state index contributed by atoms with van der Waals surface area (Å²) in [7, 11) is 4.38. The van der Waals surface area contributed by atoms with Gasteiger partial charge < -0.3 is 10.2 Å². The average Bonchev–Trinajstić information content (AvgIpc) is 2.66. The minimum absolute atomic E-state index is 0.601. The zero-order valence-corrected chi connectivity index (χ0v) is 11.4. The van der Waals surface area contributed by atoms with Crippen LogP contribution in [0.3, 0.4) is 0 Å². The van der Waals surface area contributed by atoms with Crippen LogP contribution in [0.1, 0.15) is 39.5 Å². The summed E-state index contributed by atoms with van der Waals surface area (Å²) < 4.78 is 0. The van der Waals surface area contributed by atoms with Crippen LogP contribution >= 0.6 is 0 Å². The average molecular weight is 224 g/mol. The number of rotatable bonds is 6. The van der Waals surface area contributed by atoms with Gasteiger partial charge in [-0.3, -0.25) is 0 Å². The van der Waals surface area contributed by atoms with Crippen LogP contribution in [0.2, 0.25) is 0 Å². The van der Waals surface area contributed by atoms with Gasteiger partial charge in [0.2, 0.25) is 0 Å². The third-order valence-corrected chi connectivity index (χ3v) is 4.03. The summed E-state index contributed by atoms with van der Waals surface area (Å²) in [6.45, 7) is 8.42. The van der Waals surface area contributed by atoms with Crippen molar-refractivity contribution in [3.63, 3.8) is 0 Å². The first-order valence-corrected chi connectivity index (χ1v) is 6.58. The molecule has 1 saturated carbocycles. The number of allylic oxidation sites excluding steroid dienone is 1. The monoisotopic (exact) mass is 224 g/mol. The highest BCUT2D eigenvalue weighted by atomic mass is 15.1. The fraction of sp³-hybridized carbons (Fsp3) is 0.857. The number of nitrogens with zero attached hydrogens (tertiary/aromatic N) is 1. The van der Waals surface area contributed by atoms with Crippen molar-refractivity contribution in [3.8, 4) is 0 Å². The van der Waals surface area contributed by atoms with Crippen LogP contribution < -0.4 is 5.32 Å². The molecular weight excluding hydrogens is 196 g/mol. The molecule has 0 saturated heterocycles. The molecule has 1 fully saturated rings. The first-order chi connectivity index (χ1) is 7.54. The number of nitrogens with one attached hydrogen (secondary N) is 1. The molecule has 1 N–H and O–H groups in total. The quantitative estimate of drug-likeness (QED) is 0.698. The van der Waals surface area contributed by atoms with Crippen molar-refractivity contribution in [1.29, 1.82) is 0 Å². The molecular formula is C14H28N2. The molecule has 94 valence electrons. The Morgan fingerprint density at radius 2 is 2.06 bits per heavy atom. The largest absolute Gasteiger partial charge is 0.311 e. The molecule has 4 atom stereocenters. The minimum atomic E-state index is 0.601. The van der Waals surface area contributed by atoms with Gasteiger partial charge in [0.1, 0.15) is 0 Å². The topological polar surface area (TPSA) is 15.3 Å². The van der Waals surface area contributed by atoms with Gasteiger partial charge in [-0.1, -0.05) is 13.0 Å². The summed E-state index contributed by atoms with van der Waals surface area (Å²) in [6, 6.07) is 2.10. The lowest BCUT2D eigenvalue weighted by Gasteiger charge is -2.25. The van der Waals surface area contributed by atoms with E-state index in [1.807, 2.05) is 6.08 Å². The Balaban J connectivity index is 2.30. The molecule has 0 amide bonds. The Bertz CT molecular complexity index is 213. The summed E-state index contributed by atoms with van der Waals surface area (Å²) in [5.41, 5.74) is 0. The maximum absolute atomic E-state index is 3.82. The first-order valence-electron chi connectivity index (χ1n) is 6.58. The van der Waals surface area contributed by atoms with E-state index in [-0.39, 0.29) is 0 Å². The van der Waals surface area contributed by atoms with Gasteiger partial charge in [-0.15, -0.1) is 6.58 Å². The molecule has 1 aliphatic rings. The molecule has 2 nitrogen and oxygen atoms in total. The van der Waals surface area contributed by atoms with E-state index >= 15 is 0 Å². The lowest BCUT2D eigenvalue weighted by molar-refractivity contribution is 0.286. The lowest BCUT2D eigenvalue weighted by Crippen LogP contribution is -2.39. The van der Waals surface area contributed by atoms with Crippen molar-refractivity contribution in [2.75, 3.05) is 14.1 Å². The second kappa shape index (κ2) is 6.41. The highest BCUT2D eigenvalue weighted by Crippen LogP contribution is 2.23. The van der Waals surface area contributed by atoms with E-state index in [0.29, 0.717) is 12.0 Å². The van der Waals surface area contributed by atoms with Crippen molar-refractivity contribution in [3.05, 3.63) is 12.7 Å². The molecule has 0 aliphatic heterocycles. The fourth-order valence-corrected chi connectivity index (χ4v) is 2.58. The van der Waals surface area contributed by atoms with Crippen molar-refractivity contribution in [2.24, 2.45) is 5.92 Å². The van der Waals surface area contributed by atoms with E-state index in [4.69, 9.17) is 0 Å². The van der Waals surface area contributed by atoms with Gasteiger partial charge in [0.05, 0.1) is 0 Å². The summed E-state index contributed by atoms with van der Waals surface area (Å²) in [5, 5.41) is 3.77. The van der Waals surface area contributed by atoms with Crippen molar-refractivity contribution < 1.29 is 0 Å². The standard InChI is InChI=1S/C14H28N2/c1-6-7-11(2)12(3)15-13-8-9-14(10-13)16(4)5/h6,11-15H,1,7-10H2,2-5H3. The predicted molar refractivity (Wildman–Crippen MR) is 71.7 cm³/mol. The third-order valence-electron chi connectivity index (χ3n) is 4.03. The summed E-state index contributed by atoms with van der Waals surface area (Å²) in [6.07, 6.45) is 7.11. The van der Waals surface area contributed by atoms with E-state index in [9.17, 15) is 0 Å². The zero-order valence-electron chi connectivity index (χ0n) is 11.4. The molecule has 0 aromatic rings. The summed E-state index contributed by atoms with van der Waals surface area (Å²) in [5.74, 6) is 0.691. The van der Waals surface area contributed by atoms with Gasteiger partial charge in [-0.25, -0.2) is 0 Å². The third kappa shape index (κ3) is 3.91. The maximum atomic E-state index is 3.82. The van der Waals surface area contributed by atoms with Crippen molar-refractivity contribution in [2.45, 2.75) is 57.7 Å². The zero-order chi connectivity index (χ0) is 12.1. The molecule has 1 aliphatic carbocycles. The van der Waals surface area contributed by atoms with E-state index in [2.05, 4.69) is 44.7 Å². The molecule has 2 heteroatoms. The van der Waals surface area contributed by atoms with Crippen LogP contribution in [0.4, 0.5) is 0 Å². The second-order valence-electron chi connectivity index (χ2n) is 5.58. The molecule has 0 spiro atoms. The van der Waals surface area contributed by atoms with Gasteiger partial charge in [0, 0.05) is 18.1 Å². The minimum Gasteiger partial charge on any atom is -0.311 e. The molecule has 0 heterocycles. The van der Waals surface area contributed by atoms with Crippen LogP contribution in [0.25, 0.3) is 0 Å². The van der Waals surface area contributed by atoms with Gasteiger partial charge in [-0.05, 0) is 52.6 Å². The summed E-state index contributed by atoms with van der Waals surface area (Å²) >= 11 is 0. The number of hydrogen-bond donors (Lipinski definition) is 1. The highest BCUT2D eigenvalue weighted by Gasteiger charge is 2.27. The molecule has 0 bridgehead atoms. The van der Waals surface area contributed by atoms with Crippen LogP contribution in [0, 0.1) is 5.92 Å². The maximum Gasteiger partial charge on any atom is 0.0105 e. The SMILES string of the molecule is C=CCC(C)C(C)NC1CCC(N(C)C)C1. The molecule has 0 radical (unpaired) electrons. The Morgan fingerprint density at radius 1 is 1.38 bits per heavy atom. The van der Waals surface area contributed by atoms with Gasteiger partial charge in [-0.2, -0.15) is 0 Å². The first kappa shape index (κ1) is 13.7. The van der Waals surface area contributed by atoms with Crippen molar-refractivity contribution >= 4 is 0 Å². The van der Waals surface area contributed by atoms with E-state index in [1.54, 1.807) is 0 Å².